The Kier molecular flexibility index (Phi) is 6.21. The minimum atomic E-state index is -0.00466. The standard InChI is InChI=1S/C11H14ClNO3S/c12-8-1-2-9(11(13)17)10(7-8)16-6-5-15-4-3-14/h1-2,7,14H,3-6H2,(H2,13,17). The minimum Gasteiger partial charge on any atom is -0.490 e. The van der Waals surface area contributed by atoms with Gasteiger partial charge in [0.1, 0.15) is 17.3 Å². The highest BCUT2D eigenvalue weighted by atomic mass is 35.5. The second kappa shape index (κ2) is 7.45. The number of hydrogen-bond donors (Lipinski definition) is 2. The van der Waals surface area contributed by atoms with Crippen molar-refractivity contribution >= 4 is 28.8 Å². The van der Waals surface area contributed by atoms with Crippen LogP contribution in [0.15, 0.2) is 18.2 Å². The first-order valence-corrected chi connectivity index (χ1v) is 5.84. The van der Waals surface area contributed by atoms with Crippen LogP contribution in [0.25, 0.3) is 0 Å². The number of ether oxygens (including phenoxy) is 2. The predicted octanol–water partition coefficient (Wildman–Crippen LogP) is 1.36. The zero-order valence-electron chi connectivity index (χ0n) is 9.19. The van der Waals surface area contributed by atoms with Gasteiger partial charge in [0.25, 0.3) is 0 Å². The quantitative estimate of drug-likeness (QED) is 0.581. The highest BCUT2D eigenvalue weighted by Crippen LogP contribution is 2.23. The maximum Gasteiger partial charge on any atom is 0.131 e. The van der Waals surface area contributed by atoms with Gasteiger partial charge < -0.3 is 20.3 Å². The first-order valence-electron chi connectivity index (χ1n) is 5.06. The van der Waals surface area contributed by atoms with Crippen molar-refractivity contribution in [2.45, 2.75) is 0 Å². The lowest BCUT2D eigenvalue weighted by Gasteiger charge is -2.11. The third-order valence-electron chi connectivity index (χ3n) is 1.93. The van der Waals surface area contributed by atoms with Gasteiger partial charge in [0.2, 0.25) is 0 Å². The monoisotopic (exact) mass is 275 g/mol. The number of nitrogens with two attached hydrogens (primary N) is 1. The van der Waals surface area contributed by atoms with E-state index in [0.29, 0.717) is 36.2 Å². The molecule has 0 saturated heterocycles. The topological polar surface area (TPSA) is 64.7 Å². The summed E-state index contributed by atoms with van der Waals surface area (Å²) in [5.41, 5.74) is 6.21. The first-order chi connectivity index (χ1) is 8.15. The lowest BCUT2D eigenvalue weighted by Crippen LogP contribution is -2.14. The van der Waals surface area contributed by atoms with Crippen LogP contribution in [0.5, 0.6) is 5.75 Å². The second-order valence-corrected chi connectivity index (χ2v) is 4.07. The molecule has 1 rings (SSSR count). The summed E-state index contributed by atoms with van der Waals surface area (Å²) in [6, 6.07) is 5.07. The average Bonchev–Trinajstić information content (AvgIpc) is 2.28. The Hall–Kier alpha value is -0.880. The third-order valence-corrected chi connectivity index (χ3v) is 2.38. The van der Waals surface area contributed by atoms with E-state index in [0.717, 1.165) is 0 Å². The van der Waals surface area contributed by atoms with Crippen LogP contribution in [-0.2, 0) is 4.74 Å². The van der Waals surface area contributed by atoms with Crippen molar-refractivity contribution in [3.05, 3.63) is 28.8 Å². The molecule has 0 unspecified atom stereocenters. The minimum absolute atomic E-state index is 0.00466. The van der Waals surface area contributed by atoms with Gasteiger partial charge in [-0.25, -0.2) is 0 Å². The van der Waals surface area contributed by atoms with Gasteiger partial charge in [0, 0.05) is 5.02 Å². The van der Waals surface area contributed by atoms with Crippen molar-refractivity contribution in [3.63, 3.8) is 0 Å². The van der Waals surface area contributed by atoms with E-state index in [-0.39, 0.29) is 11.6 Å². The molecule has 0 spiro atoms. The number of rotatable bonds is 7. The number of hydrogen-bond acceptors (Lipinski definition) is 4. The molecule has 0 fully saturated rings. The zero-order chi connectivity index (χ0) is 12.7. The Morgan fingerprint density at radius 2 is 2.12 bits per heavy atom. The van der Waals surface area contributed by atoms with E-state index in [1.54, 1.807) is 18.2 Å². The number of benzene rings is 1. The summed E-state index contributed by atoms with van der Waals surface area (Å²) in [4.78, 5) is 0.257. The third kappa shape index (κ3) is 4.87. The highest BCUT2D eigenvalue weighted by molar-refractivity contribution is 7.80. The first kappa shape index (κ1) is 14.2. The smallest absolute Gasteiger partial charge is 0.131 e. The number of aliphatic hydroxyl groups is 1. The highest BCUT2D eigenvalue weighted by Gasteiger charge is 2.07. The molecule has 0 amide bonds. The van der Waals surface area contributed by atoms with Crippen LogP contribution >= 0.6 is 23.8 Å². The lowest BCUT2D eigenvalue weighted by molar-refractivity contribution is 0.0705. The molecule has 0 aliphatic carbocycles. The van der Waals surface area contributed by atoms with E-state index in [9.17, 15) is 0 Å². The van der Waals surface area contributed by atoms with Crippen LogP contribution < -0.4 is 10.5 Å². The van der Waals surface area contributed by atoms with E-state index in [1.807, 2.05) is 0 Å². The maximum atomic E-state index is 8.52. The van der Waals surface area contributed by atoms with E-state index in [2.05, 4.69) is 0 Å². The summed E-state index contributed by atoms with van der Waals surface area (Å²) in [5, 5.41) is 9.07. The predicted molar refractivity (Wildman–Crippen MR) is 70.7 cm³/mol. The van der Waals surface area contributed by atoms with Crippen LogP contribution in [-0.4, -0.2) is 36.5 Å². The molecule has 0 radical (unpaired) electrons. The second-order valence-electron chi connectivity index (χ2n) is 3.19. The van der Waals surface area contributed by atoms with Gasteiger partial charge in [0.05, 0.1) is 25.4 Å². The maximum absolute atomic E-state index is 8.52. The summed E-state index contributed by atoms with van der Waals surface area (Å²) in [6.45, 7) is 1.01. The molecule has 17 heavy (non-hydrogen) atoms. The van der Waals surface area contributed by atoms with E-state index >= 15 is 0 Å². The van der Waals surface area contributed by atoms with E-state index < -0.39 is 0 Å². The Labute approximate surface area is 110 Å². The van der Waals surface area contributed by atoms with Gasteiger partial charge in [-0.05, 0) is 18.2 Å². The fourth-order valence-electron chi connectivity index (χ4n) is 1.20. The van der Waals surface area contributed by atoms with Crippen LogP contribution in [0.3, 0.4) is 0 Å². The Balaban J connectivity index is 2.56. The fourth-order valence-corrected chi connectivity index (χ4v) is 1.53. The molecular weight excluding hydrogens is 262 g/mol. The normalized spacial score (nSPS) is 10.2. The molecular formula is C11H14ClNO3S. The number of thiocarbonyl (C=S) groups is 1. The SMILES string of the molecule is NC(=S)c1ccc(Cl)cc1OCCOCCO. The van der Waals surface area contributed by atoms with Crippen molar-refractivity contribution in [1.29, 1.82) is 0 Å². The zero-order valence-corrected chi connectivity index (χ0v) is 10.8. The van der Waals surface area contributed by atoms with Crippen molar-refractivity contribution in [3.8, 4) is 5.75 Å². The summed E-state index contributed by atoms with van der Waals surface area (Å²) in [5.74, 6) is 0.539. The molecule has 3 N–H and O–H groups in total. The summed E-state index contributed by atoms with van der Waals surface area (Å²) >= 11 is 10.8. The lowest BCUT2D eigenvalue weighted by atomic mass is 10.2. The molecule has 0 aliphatic rings. The van der Waals surface area contributed by atoms with Crippen LogP contribution in [0.4, 0.5) is 0 Å². The molecule has 1 aromatic carbocycles. The Morgan fingerprint density at radius 3 is 2.76 bits per heavy atom. The van der Waals surface area contributed by atoms with Crippen molar-refractivity contribution in [2.24, 2.45) is 5.73 Å². The van der Waals surface area contributed by atoms with Crippen LogP contribution in [0.1, 0.15) is 5.56 Å². The summed E-state index contributed by atoms with van der Waals surface area (Å²) in [6.07, 6.45) is 0. The largest absolute Gasteiger partial charge is 0.490 e. The van der Waals surface area contributed by atoms with Crippen molar-refractivity contribution in [1.82, 2.24) is 0 Å². The Bertz CT molecular complexity index is 387. The van der Waals surface area contributed by atoms with E-state index in [4.69, 9.17) is 44.1 Å². The molecule has 4 nitrogen and oxygen atoms in total. The fraction of sp³-hybridized carbons (Fsp3) is 0.364. The van der Waals surface area contributed by atoms with E-state index in [1.165, 1.54) is 0 Å². The van der Waals surface area contributed by atoms with Crippen LogP contribution in [0, 0.1) is 0 Å². The van der Waals surface area contributed by atoms with Gasteiger partial charge >= 0.3 is 0 Å². The van der Waals surface area contributed by atoms with Gasteiger partial charge in [-0.2, -0.15) is 0 Å². The Morgan fingerprint density at radius 1 is 1.35 bits per heavy atom. The number of halogens is 1. The molecule has 0 aromatic heterocycles. The number of aliphatic hydroxyl groups excluding tert-OH is 1. The molecule has 0 saturated carbocycles. The molecule has 94 valence electrons. The molecule has 6 heteroatoms. The molecule has 0 heterocycles. The molecule has 0 atom stereocenters. The van der Waals surface area contributed by atoms with Gasteiger partial charge in [-0.15, -0.1) is 0 Å². The van der Waals surface area contributed by atoms with Crippen LogP contribution in [0.2, 0.25) is 5.02 Å². The molecule has 0 bridgehead atoms. The van der Waals surface area contributed by atoms with Gasteiger partial charge in [-0.1, -0.05) is 23.8 Å². The average molecular weight is 276 g/mol. The molecule has 0 aliphatic heterocycles. The summed E-state index contributed by atoms with van der Waals surface area (Å²) < 4.78 is 10.5. The van der Waals surface area contributed by atoms with Crippen molar-refractivity contribution in [2.75, 3.05) is 26.4 Å². The van der Waals surface area contributed by atoms with Gasteiger partial charge in [0.15, 0.2) is 0 Å². The molecule has 1 aromatic rings. The van der Waals surface area contributed by atoms with Crippen molar-refractivity contribution < 1.29 is 14.6 Å². The van der Waals surface area contributed by atoms with Gasteiger partial charge in [-0.3, -0.25) is 0 Å². The summed E-state index contributed by atoms with van der Waals surface area (Å²) in [7, 11) is 0.